The van der Waals surface area contributed by atoms with Crippen molar-refractivity contribution >= 4 is 28.8 Å². The maximum atomic E-state index is 12.4. The van der Waals surface area contributed by atoms with Crippen molar-refractivity contribution in [2.24, 2.45) is 0 Å². The van der Waals surface area contributed by atoms with Gasteiger partial charge in [-0.2, -0.15) is 0 Å². The number of halogens is 1. The highest BCUT2D eigenvalue weighted by molar-refractivity contribution is 7.10. The van der Waals surface area contributed by atoms with Crippen molar-refractivity contribution in [1.29, 1.82) is 0 Å². The van der Waals surface area contributed by atoms with E-state index in [0.717, 1.165) is 13.0 Å². The number of rotatable bonds is 1. The van der Waals surface area contributed by atoms with Gasteiger partial charge in [0.2, 0.25) is 0 Å². The minimum Gasteiger partial charge on any atom is -0.333 e. The van der Waals surface area contributed by atoms with Crippen LogP contribution in [-0.2, 0) is 13.0 Å². The lowest BCUT2D eigenvalue weighted by Crippen LogP contribution is -2.35. The summed E-state index contributed by atoms with van der Waals surface area (Å²) in [5, 5.41) is 2.62. The van der Waals surface area contributed by atoms with E-state index < -0.39 is 0 Å². The summed E-state index contributed by atoms with van der Waals surface area (Å²) in [5.74, 6) is 0.0275. The van der Waals surface area contributed by atoms with Gasteiger partial charge in [-0.1, -0.05) is 23.7 Å². The van der Waals surface area contributed by atoms with Gasteiger partial charge in [-0.25, -0.2) is 0 Å². The third-order valence-corrected chi connectivity index (χ3v) is 4.49. The lowest BCUT2D eigenvalue weighted by molar-refractivity contribution is 0.0737. The molecule has 0 N–H and O–H groups in total. The Labute approximate surface area is 115 Å². The van der Waals surface area contributed by atoms with Gasteiger partial charge in [0, 0.05) is 11.4 Å². The SMILES string of the molecule is O=C(c1ccccc1Cl)N1CCc2ccsc2C1. The van der Waals surface area contributed by atoms with Crippen LogP contribution in [0.5, 0.6) is 0 Å². The first-order valence-electron chi connectivity index (χ1n) is 5.85. The fraction of sp³-hybridized carbons (Fsp3) is 0.214. The van der Waals surface area contributed by atoms with Gasteiger partial charge in [-0.15, -0.1) is 11.3 Å². The van der Waals surface area contributed by atoms with Crippen LogP contribution in [0.4, 0.5) is 0 Å². The van der Waals surface area contributed by atoms with E-state index in [0.29, 0.717) is 17.1 Å². The van der Waals surface area contributed by atoms with Crippen LogP contribution >= 0.6 is 22.9 Å². The van der Waals surface area contributed by atoms with Crippen LogP contribution in [0.15, 0.2) is 35.7 Å². The minimum absolute atomic E-state index is 0.0275. The van der Waals surface area contributed by atoms with Crippen molar-refractivity contribution in [3.05, 3.63) is 56.7 Å². The third kappa shape index (κ3) is 2.04. The average molecular weight is 278 g/mol. The van der Waals surface area contributed by atoms with Gasteiger partial charge in [0.15, 0.2) is 0 Å². The molecule has 0 radical (unpaired) electrons. The van der Waals surface area contributed by atoms with Crippen LogP contribution in [0, 0.1) is 0 Å². The Kier molecular flexibility index (Phi) is 3.10. The molecule has 1 amide bonds. The molecule has 1 aromatic heterocycles. The number of thiophene rings is 1. The molecule has 0 saturated heterocycles. The van der Waals surface area contributed by atoms with Crippen molar-refractivity contribution in [1.82, 2.24) is 4.90 Å². The normalized spacial score (nSPS) is 14.4. The minimum atomic E-state index is 0.0275. The van der Waals surface area contributed by atoms with Crippen LogP contribution in [0.25, 0.3) is 0 Å². The molecule has 0 spiro atoms. The Morgan fingerprint density at radius 2 is 2.11 bits per heavy atom. The van der Waals surface area contributed by atoms with Crippen molar-refractivity contribution in [3.63, 3.8) is 0 Å². The van der Waals surface area contributed by atoms with Crippen LogP contribution in [0.1, 0.15) is 20.8 Å². The molecule has 1 aliphatic rings. The molecule has 0 atom stereocenters. The molecule has 0 bridgehead atoms. The number of carbonyl (C=O) groups excluding carboxylic acids is 1. The van der Waals surface area contributed by atoms with Crippen LogP contribution in [0.3, 0.4) is 0 Å². The second-order valence-corrected chi connectivity index (χ2v) is 5.73. The van der Waals surface area contributed by atoms with E-state index >= 15 is 0 Å². The zero-order valence-electron chi connectivity index (χ0n) is 9.73. The second kappa shape index (κ2) is 4.75. The molecule has 0 aliphatic carbocycles. The molecule has 1 aromatic carbocycles. The fourth-order valence-corrected chi connectivity index (χ4v) is 3.38. The Morgan fingerprint density at radius 3 is 2.94 bits per heavy atom. The summed E-state index contributed by atoms with van der Waals surface area (Å²) >= 11 is 7.79. The molecule has 2 nitrogen and oxygen atoms in total. The first kappa shape index (κ1) is 11.8. The maximum Gasteiger partial charge on any atom is 0.255 e. The zero-order valence-corrected chi connectivity index (χ0v) is 11.3. The lowest BCUT2D eigenvalue weighted by atomic mass is 10.1. The highest BCUT2D eigenvalue weighted by Gasteiger charge is 2.23. The maximum absolute atomic E-state index is 12.4. The molecule has 3 rings (SSSR count). The largest absolute Gasteiger partial charge is 0.333 e. The van der Waals surface area contributed by atoms with Gasteiger partial charge in [0.25, 0.3) is 5.91 Å². The quantitative estimate of drug-likeness (QED) is 0.780. The number of benzene rings is 1. The molecule has 2 aromatic rings. The average Bonchev–Trinajstić information content (AvgIpc) is 2.85. The summed E-state index contributed by atoms with van der Waals surface area (Å²) in [6.07, 6.45) is 0.940. The smallest absolute Gasteiger partial charge is 0.255 e. The van der Waals surface area contributed by atoms with E-state index in [9.17, 15) is 4.79 Å². The first-order valence-corrected chi connectivity index (χ1v) is 7.10. The molecule has 0 unspecified atom stereocenters. The molecule has 0 fully saturated rings. The summed E-state index contributed by atoms with van der Waals surface area (Å²) in [4.78, 5) is 15.6. The number of nitrogens with zero attached hydrogens (tertiary/aromatic N) is 1. The molecule has 0 saturated carbocycles. The lowest BCUT2D eigenvalue weighted by Gasteiger charge is -2.27. The molecule has 4 heteroatoms. The van der Waals surface area contributed by atoms with Gasteiger partial charge in [0.1, 0.15) is 0 Å². The van der Waals surface area contributed by atoms with E-state index in [4.69, 9.17) is 11.6 Å². The summed E-state index contributed by atoms with van der Waals surface area (Å²) in [7, 11) is 0. The van der Waals surface area contributed by atoms with Gasteiger partial charge < -0.3 is 4.90 Å². The van der Waals surface area contributed by atoms with Gasteiger partial charge in [0.05, 0.1) is 17.1 Å². The summed E-state index contributed by atoms with van der Waals surface area (Å²) in [6, 6.07) is 9.38. The topological polar surface area (TPSA) is 20.3 Å². The van der Waals surface area contributed by atoms with Crippen LogP contribution in [0.2, 0.25) is 5.02 Å². The predicted octanol–water partition coefficient (Wildman–Crippen LogP) is 3.60. The number of hydrogen-bond donors (Lipinski definition) is 0. The fourth-order valence-electron chi connectivity index (χ4n) is 2.21. The van der Waals surface area contributed by atoms with Gasteiger partial charge >= 0.3 is 0 Å². The zero-order chi connectivity index (χ0) is 12.5. The second-order valence-electron chi connectivity index (χ2n) is 4.33. The van der Waals surface area contributed by atoms with Crippen LogP contribution < -0.4 is 0 Å². The van der Waals surface area contributed by atoms with E-state index in [2.05, 4.69) is 11.4 Å². The Balaban J connectivity index is 1.85. The highest BCUT2D eigenvalue weighted by Crippen LogP contribution is 2.26. The number of fused-ring (bicyclic) bond motifs is 1. The van der Waals surface area contributed by atoms with E-state index in [1.165, 1.54) is 10.4 Å². The van der Waals surface area contributed by atoms with Crippen molar-refractivity contribution in [3.8, 4) is 0 Å². The molecule has 2 heterocycles. The molecule has 18 heavy (non-hydrogen) atoms. The van der Waals surface area contributed by atoms with Gasteiger partial charge in [-0.05, 0) is 35.6 Å². The van der Waals surface area contributed by atoms with E-state index in [1.54, 1.807) is 23.5 Å². The monoisotopic (exact) mass is 277 g/mol. The molecular formula is C14H12ClNOS. The molecule has 92 valence electrons. The number of carbonyl (C=O) groups is 1. The van der Waals surface area contributed by atoms with E-state index in [-0.39, 0.29) is 5.91 Å². The number of hydrogen-bond acceptors (Lipinski definition) is 2. The molecule has 1 aliphatic heterocycles. The van der Waals surface area contributed by atoms with Crippen LogP contribution in [-0.4, -0.2) is 17.4 Å². The predicted molar refractivity (Wildman–Crippen MR) is 74.2 cm³/mol. The summed E-state index contributed by atoms with van der Waals surface area (Å²) in [5.41, 5.74) is 1.97. The summed E-state index contributed by atoms with van der Waals surface area (Å²) < 4.78 is 0. The van der Waals surface area contributed by atoms with Gasteiger partial charge in [-0.3, -0.25) is 4.79 Å². The number of amides is 1. The standard InChI is InChI=1S/C14H12ClNOS/c15-12-4-2-1-3-11(12)14(17)16-7-5-10-6-8-18-13(10)9-16/h1-4,6,8H,5,7,9H2. The van der Waals surface area contributed by atoms with Crippen molar-refractivity contribution < 1.29 is 4.79 Å². The first-order chi connectivity index (χ1) is 8.75. The third-order valence-electron chi connectivity index (χ3n) is 3.21. The van der Waals surface area contributed by atoms with Crippen molar-refractivity contribution in [2.45, 2.75) is 13.0 Å². The summed E-state index contributed by atoms with van der Waals surface area (Å²) in [6.45, 7) is 1.48. The highest BCUT2D eigenvalue weighted by atomic mass is 35.5. The Morgan fingerprint density at radius 1 is 1.28 bits per heavy atom. The molecular weight excluding hydrogens is 266 g/mol. The van der Waals surface area contributed by atoms with E-state index in [1.807, 2.05) is 17.0 Å². The van der Waals surface area contributed by atoms with Crippen molar-refractivity contribution in [2.75, 3.05) is 6.54 Å². The Bertz CT molecular complexity index is 593. The Hall–Kier alpha value is -1.32.